The van der Waals surface area contributed by atoms with E-state index < -0.39 is 5.97 Å². The van der Waals surface area contributed by atoms with E-state index in [0.717, 1.165) is 4.47 Å². The van der Waals surface area contributed by atoms with Crippen LogP contribution in [0.2, 0.25) is 0 Å². The monoisotopic (exact) mass is 238 g/mol. The van der Waals surface area contributed by atoms with Crippen LogP contribution in [-0.2, 0) is 11.2 Å². The van der Waals surface area contributed by atoms with Crippen molar-refractivity contribution < 1.29 is 9.90 Å². The molecule has 0 aromatic heterocycles. The van der Waals surface area contributed by atoms with Gasteiger partial charge in [0.2, 0.25) is 0 Å². The first-order chi connectivity index (χ1) is 6.13. The summed E-state index contributed by atoms with van der Waals surface area (Å²) in [5, 5.41) is 8.58. The summed E-state index contributed by atoms with van der Waals surface area (Å²) in [6.07, 6.45) is 5.20. The Balaban J connectivity index is 3.08. The second-order valence-electron chi connectivity index (χ2n) is 2.52. The third-order valence-electron chi connectivity index (χ3n) is 1.57. The van der Waals surface area contributed by atoms with Gasteiger partial charge in [0.05, 0.1) is 6.42 Å². The van der Waals surface area contributed by atoms with Gasteiger partial charge >= 0.3 is 5.97 Å². The molecule has 0 atom stereocenters. The summed E-state index contributed by atoms with van der Waals surface area (Å²) >= 11 is 3.26. The van der Waals surface area contributed by atoms with Crippen LogP contribution in [0.15, 0.2) is 22.7 Å². The number of carboxylic acids is 1. The fourth-order valence-corrected chi connectivity index (χ4v) is 1.36. The van der Waals surface area contributed by atoms with Crippen molar-refractivity contribution in [3.63, 3.8) is 0 Å². The van der Waals surface area contributed by atoms with Gasteiger partial charge in [0, 0.05) is 10.0 Å². The molecule has 0 amide bonds. The lowest BCUT2D eigenvalue weighted by Crippen LogP contribution is -2.01. The van der Waals surface area contributed by atoms with Crippen LogP contribution < -0.4 is 0 Å². The number of carboxylic acid groups (broad SMARTS) is 1. The Hall–Kier alpha value is -1.27. The zero-order chi connectivity index (χ0) is 9.84. The van der Waals surface area contributed by atoms with Gasteiger partial charge in [-0.25, -0.2) is 0 Å². The molecule has 1 N–H and O–H groups in total. The molecule has 0 saturated carbocycles. The van der Waals surface area contributed by atoms with Crippen LogP contribution in [-0.4, -0.2) is 11.1 Å². The number of rotatable bonds is 2. The first kappa shape index (κ1) is 9.82. The van der Waals surface area contributed by atoms with Gasteiger partial charge in [0.15, 0.2) is 0 Å². The van der Waals surface area contributed by atoms with Crippen molar-refractivity contribution in [1.82, 2.24) is 0 Å². The lowest BCUT2D eigenvalue weighted by molar-refractivity contribution is -0.136. The molecule has 3 heteroatoms. The van der Waals surface area contributed by atoms with Crippen molar-refractivity contribution in [3.8, 4) is 12.3 Å². The number of hydrogen-bond acceptors (Lipinski definition) is 1. The van der Waals surface area contributed by atoms with Crippen LogP contribution in [0.1, 0.15) is 11.1 Å². The van der Waals surface area contributed by atoms with Crippen molar-refractivity contribution in [1.29, 1.82) is 0 Å². The minimum absolute atomic E-state index is 0.0349. The Kier molecular flexibility index (Phi) is 3.10. The van der Waals surface area contributed by atoms with Gasteiger partial charge in [-0.2, -0.15) is 0 Å². The zero-order valence-corrected chi connectivity index (χ0v) is 8.34. The maximum Gasteiger partial charge on any atom is 0.307 e. The second-order valence-corrected chi connectivity index (χ2v) is 3.43. The molecule has 0 fully saturated rings. The summed E-state index contributed by atoms with van der Waals surface area (Å²) in [5.41, 5.74) is 1.29. The maximum absolute atomic E-state index is 10.4. The van der Waals surface area contributed by atoms with Gasteiger partial charge in [-0.15, -0.1) is 6.42 Å². The van der Waals surface area contributed by atoms with Crippen molar-refractivity contribution >= 4 is 21.9 Å². The highest BCUT2D eigenvalue weighted by Crippen LogP contribution is 2.16. The van der Waals surface area contributed by atoms with E-state index in [-0.39, 0.29) is 6.42 Å². The first-order valence-corrected chi connectivity index (χ1v) is 4.39. The Morgan fingerprint density at radius 1 is 1.62 bits per heavy atom. The second kappa shape index (κ2) is 4.11. The van der Waals surface area contributed by atoms with E-state index in [1.165, 1.54) is 0 Å². The summed E-state index contributed by atoms with van der Waals surface area (Å²) in [7, 11) is 0. The number of hydrogen-bond donors (Lipinski definition) is 1. The normalized spacial score (nSPS) is 9.23. The molecule has 0 saturated heterocycles. The number of terminal acetylenes is 1. The molecule has 0 radical (unpaired) electrons. The van der Waals surface area contributed by atoms with E-state index in [0.29, 0.717) is 11.1 Å². The molecule has 1 aromatic carbocycles. The van der Waals surface area contributed by atoms with Crippen molar-refractivity contribution in [3.05, 3.63) is 33.8 Å². The minimum atomic E-state index is -0.876. The van der Waals surface area contributed by atoms with E-state index >= 15 is 0 Å². The average molecular weight is 239 g/mol. The Morgan fingerprint density at radius 3 is 2.85 bits per heavy atom. The molecule has 1 rings (SSSR count). The fraction of sp³-hybridized carbons (Fsp3) is 0.100. The summed E-state index contributed by atoms with van der Waals surface area (Å²) < 4.78 is 0.856. The molecule has 0 aliphatic carbocycles. The fourth-order valence-electron chi connectivity index (χ4n) is 1.00. The number of aliphatic carboxylic acids is 1. The molecular weight excluding hydrogens is 232 g/mol. The molecular formula is C10H7BrO2. The third kappa shape index (κ3) is 2.60. The SMILES string of the molecule is C#Cc1cc(Br)ccc1CC(=O)O. The van der Waals surface area contributed by atoms with Crippen molar-refractivity contribution in [2.75, 3.05) is 0 Å². The average Bonchev–Trinajstić information content (AvgIpc) is 2.07. The van der Waals surface area contributed by atoms with E-state index in [2.05, 4.69) is 21.9 Å². The van der Waals surface area contributed by atoms with Gasteiger partial charge in [0.25, 0.3) is 0 Å². The predicted octanol–water partition coefficient (Wildman–Crippen LogP) is 2.06. The minimum Gasteiger partial charge on any atom is -0.481 e. The van der Waals surface area contributed by atoms with Gasteiger partial charge in [-0.05, 0) is 17.7 Å². The van der Waals surface area contributed by atoms with E-state index in [4.69, 9.17) is 11.5 Å². The standard InChI is InChI=1S/C10H7BrO2/c1-2-7-5-9(11)4-3-8(7)6-10(12)13/h1,3-5H,6H2,(H,12,13). The van der Waals surface area contributed by atoms with E-state index in [1.54, 1.807) is 18.2 Å². The topological polar surface area (TPSA) is 37.3 Å². The van der Waals surface area contributed by atoms with Crippen LogP contribution in [0.4, 0.5) is 0 Å². The Labute approximate surface area is 84.7 Å². The Morgan fingerprint density at radius 2 is 2.31 bits per heavy atom. The molecule has 0 aliphatic rings. The summed E-state index contributed by atoms with van der Waals surface area (Å²) in [5.74, 6) is 1.57. The predicted molar refractivity (Wildman–Crippen MR) is 53.4 cm³/mol. The summed E-state index contributed by atoms with van der Waals surface area (Å²) in [6, 6.07) is 5.23. The van der Waals surface area contributed by atoms with Crippen LogP contribution >= 0.6 is 15.9 Å². The highest BCUT2D eigenvalue weighted by atomic mass is 79.9. The van der Waals surface area contributed by atoms with E-state index in [9.17, 15) is 4.79 Å². The number of carbonyl (C=O) groups is 1. The van der Waals surface area contributed by atoms with Crippen LogP contribution in [0.5, 0.6) is 0 Å². The highest BCUT2D eigenvalue weighted by Gasteiger charge is 2.05. The smallest absolute Gasteiger partial charge is 0.307 e. The molecule has 0 unspecified atom stereocenters. The largest absolute Gasteiger partial charge is 0.481 e. The summed E-state index contributed by atoms with van der Waals surface area (Å²) in [4.78, 5) is 10.4. The van der Waals surface area contributed by atoms with E-state index in [1.807, 2.05) is 0 Å². The molecule has 66 valence electrons. The Bertz CT molecular complexity index is 377. The van der Waals surface area contributed by atoms with Gasteiger partial charge in [0.1, 0.15) is 0 Å². The number of benzene rings is 1. The molecule has 13 heavy (non-hydrogen) atoms. The van der Waals surface area contributed by atoms with Crippen molar-refractivity contribution in [2.24, 2.45) is 0 Å². The molecule has 1 aromatic rings. The van der Waals surface area contributed by atoms with Crippen LogP contribution in [0.25, 0.3) is 0 Å². The van der Waals surface area contributed by atoms with Gasteiger partial charge in [-0.3, -0.25) is 4.79 Å². The lowest BCUT2D eigenvalue weighted by Gasteiger charge is -2.01. The first-order valence-electron chi connectivity index (χ1n) is 3.60. The number of halogens is 1. The quantitative estimate of drug-likeness (QED) is 0.802. The molecule has 0 heterocycles. The molecule has 0 spiro atoms. The highest BCUT2D eigenvalue weighted by molar-refractivity contribution is 9.10. The van der Waals surface area contributed by atoms with Crippen molar-refractivity contribution in [2.45, 2.75) is 6.42 Å². The third-order valence-corrected chi connectivity index (χ3v) is 2.06. The maximum atomic E-state index is 10.4. The molecule has 0 bridgehead atoms. The van der Waals surface area contributed by atoms with Gasteiger partial charge in [-0.1, -0.05) is 27.9 Å². The van der Waals surface area contributed by atoms with Gasteiger partial charge < -0.3 is 5.11 Å². The zero-order valence-electron chi connectivity index (χ0n) is 6.75. The van der Waals surface area contributed by atoms with Crippen LogP contribution in [0.3, 0.4) is 0 Å². The lowest BCUT2D eigenvalue weighted by atomic mass is 10.1. The summed E-state index contributed by atoms with van der Waals surface area (Å²) in [6.45, 7) is 0. The molecule has 0 aliphatic heterocycles. The molecule has 2 nitrogen and oxygen atoms in total. The van der Waals surface area contributed by atoms with Crippen LogP contribution in [0, 0.1) is 12.3 Å².